The van der Waals surface area contributed by atoms with Gasteiger partial charge in [-0.25, -0.2) is 4.79 Å². The van der Waals surface area contributed by atoms with Crippen molar-refractivity contribution in [3.05, 3.63) is 47.0 Å². The van der Waals surface area contributed by atoms with Crippen molar-refractivity contribution in [3.8, 4) is 0 Å². The molecule has 1 aromatic rings. The van der Waals surface area contributed by atoms with E-state index in [1.165, 1.54) is 23.1 Å². The van der Waals surface area contributed by atoms with Gasteiger partial charge < -0.3 is 9.64 Å². The van der Waals surface area contributed by atoms with Gasteiger partial charge in [0, 0.05) is 19.1 Å². The standard InChI is InChI=1S/C23H28N2O5/c1-4-24(13-15(2)3)20(26)14-30-23(29)16-10-11-18-19(12-16)22(28)25(21(18)27)17-8-6-5-7-9-17/h10-12,17H,2,4-9,13-14H2,1,3H3. The minimum atomic E-state index is -0.700. The Hall–Kier alpha value is -2.96. The van der Waals surface area contributed by atoms with Gasteiger partial charge in [-0.2, -0.15) is 0 Å². The van der Waals surface area contributed by atoms with Crippen LogP contribution in [0.3, 0.4) is 0 Å². The van der Waals surface area contributed by atoms with Gasteiger partial charge in [-0.15, -0.1) is 0 Å². The molecule has 7 nitrogen and oxygen atoms in total. The largest absolute Gasteiger partial charge is 0.452 e. The number of fused-ring (bicyclic) bond motifs is 1. The molecule has 0 radical (unpaired) electrons. The van der Waals surface area contributed by atoms with E-state index in [0.717, 1.165) is 37.7 Å². The first-order chi connectivity index (χ1) is 14.3. The molecule has 0 saturated heterocycles. The van der Waals surface area contributed by atoms with Gasteiger partial charge in [-0.3, -0.25) is 19.3 Å². The molecule has 1 fully saturated rings. The Bertz CT molecular complexity index is 886. The van der Waals surface area contributed by atoms with E-state index in [0.29, 0.717) is 18.7 Å². The van der Waals surface area contributed by atoms with E-state index in [2.05, 4.69) is 6.58 Å². The van der Waals surface area contributed by atoms with Crippen LogP contribution in [0.5, 0.6) is 0 Å². The van der Waals surface area contributed by atoms with E-state index in [-0.39, 0.29) is 34.9 Å². The van der Waals surface area contributed by atoms with Gasteiger partial charge in [-0.05, 0) is 44.9 Å². The van der Waals surface area contributed by atoms with E-state index < -0.39 is 12.6 Å². The Balaban J connectivity index is 1.68. The highest BCUT2D eigenvalue weighted by Crippen LogP contribution is 2.31. The number of hydrogen-bond donors (Lipinski definition) is 0. The van der Waals surface area contributed by atoms with Crippen LogP contribution in [0.4, 0.5) is 0 Å². The molecule has 3 rings (SSSR count). The number of carbonyl (C=O) groups excluding carboxylic acids is 4. The second-order valence-electron chi connectivity index (χ2n) is 7.97. The Morgan fingerprint density at radius 2 is 1.80 bits per heavy atom. The SMILES string of the molecule is C=C(C)CN(CC)C(=O)COC(=O)c1ccc2c(c1)C(=O)N(C1CCCCC1)C2=O. The highest BCUT2D eigenvalue weighted by molar-refractivity contribution is 6.22. The molecule has 0 bridgehead atoms. The number of benzene rings is 1. The van der Waals surface area contributed by atoms with Crippen molar-refractivity contribution in [2.75, 3.05) is 19.7 Å². The van der Waals surface area contributed by atoms with E-state index in [4.69, 9.17) is 4.74 Å². The minimum Gasteiger partial charge on any atom is -0.452 e. The molecule has 1 aliphatic carbocycles. The van der Waals surface area contributed by atoms with Crippen molar-refractivity contribution in [2.45, 2.75) is 52.0 Å². The van der Waals surface area contributed by atoms with Crippen LogP contribution in [-0.4, -0.2) is 59.2 Å². The number of hydrogen-bond acceptors (Lipinski definition) is 5. The molecular weight excluding hydrogens is 384 g/mol. The summed E-state index contributed by atoms with van der Waals surface area (Å²) in [7, 11) is 0. The zero-order valence-electron chi connectivity index (χ0n) is 17.6. The Kier molecular flexibility index (Phi) is 6.70. The molecule has 1 aromatic carbocycles. The van der Waals surface area contributed by atoms with Gasteiger partial charge in [0.1, 0.15) is 0 Å². The summed E-state index contributed by atoms with van der Waals surface area (Å²) in [6.45, 7) is 7.94. The van der Waals surface area contributed by atoms with Gasteiger partial charge in [0.2, 0.25) is 0 Å². The predicted octanol–water partition coefficient (Wildman–Crippen LogP) is 3.20. The van der Waals surface area contributed by atoms with E-state index in [1.54, 1.807) is 4.90 Å². The molecule has 0 unspecified atom stereocenters. The zero-order valence-corrected chi connectivity index (χ0v) is 17.6. The second-order valence-corrected chi connectivity index (χ2v) is 7.97. The molecular formula is C23H28N2O5. The maximum absolute atomic E-state index is 12.9. The fourth-order valence-electron chi connectivity index (χ4n) is 4.06. The summed E-state index contributed by atoms with van der Waals surface area (Å²) in [5.41, 5.74) is 1.53. The number of esters is 1. The molecule has 1 heterocycles. The van der Waals surface area contributed by atoms with E-state index >= 15 is 0 Å². The summed E-state index contributed by atoms with van der Waals surface area (Å²) in [5, 5.41) is 0. The molecule has 2 aliphatic rings. The number of carbonyl (C=O) groups is 4. The molecule has 7 heteroatoms. The lowest BCUT2D eigenvalue weighted by Gasteiger charge is -2.29. The monoisotopic (exact) mass is 412 g/mol. The quantitative estimate of drug-likeness (QED) is 0.390. The summed E-state index contributed by atoms with van der Waals surface area (Å²) in [6, 6.07) is 4.28. The number of likely N-dealkylation sites (N-methyl/N-ethyl adjacent to an activating group) is 1. The summed E-state index contributed by atoms with van der Waals surface area (Å²) < 4.78 is 5.15. The van der Waals surface area contributed by atoms with Gasteiger partial charge in [0.25, 0.3) is 17.7 Å². The summed E-state index contributed by atoms with van der Waals surface area (Å²) in [4.78, 5) is 53.2. The van der Waals surface area contributed by atoms with Crippen LogP contribution in [-0.2, 0) is 9.53 Å². The molecule has 30 heavy (non-hydrogen) atoms. The lowest BCUT2D eigenvalue weighted by atomic mass is 9.94. The maximum Gasteiger partial charge on any atom is 0.338 e. The summed E-state index contributed by atoms with van der Waals surface area (Å²) in [5.74, 6) is -1.67. The number of rotatable bonds is 7. The molecule has 3 amide bonds. The Morgan fingerprint density at radius 1 is 1.13 bits per heavy atom. The van der Waals surface area contributed by atoms with Crippen molar-refractivity contribution >= 4 is 23.7 Å². The van der Waals surface area contributed by atoms with Crippen molar-refractivity contribution in [2.24, 2.45) is 0 Å². The first-order valence-corrected chi connectivity index (χ1v) is 10.4. The average Bonchev–Trinajstić information content (AvgIpc) is 3.00. The molecule has 0 N–H and O–H groups in total. The highest BCUT2D eigenvalue weighted by atomic mass is 16.5. The van der Waals surface area contributed by atoms with E-state index in [9.17, 15) is 19.2 Å². The topological polar surface area (TPSA) is 84.0 Å². The van der Waals surface area contributed by atoms with Crippen LogP contribution in [0.1, 0.15) is 77.0 Å². The van der Waals surface area contributed by atoms with Crippen molar-refractivity contribution in [1.29, 1.82) is 0 Å². The third kappa shape index (κ3) is 4.45. The van der Waals surface area contributed by atoms with Gasteiger partial charge in [-0.1, -0.05) is 31.4 Å². The van der Waals surface area contributed by atoms with Gasteiger partial charge in [0.15, 0.2) is 6.61 Å². The summed E-state index contributed by atoms with van der Waals surface area (Å²) in [6.07, 6.45) is 4.77. The smallest absolute Gasteiger partial charge is 0.338 e. The average molecular weight is 412 g/mol. The Morgan fingerprint density at radius 3 is 2.43 bits per heavy atom. The number of nitrogens with zero attached hydrogens (tertiary/aromatic N) is 2. The third-order valence-corrected chi connectivity index (χ3v) is 5.62. The molecule has 0 atom stereocenters. The van der Waals surface area contributed by atoms with Crippen LogP contribution in [0.2, 0.25) is 0 Å². The fourth-order valence-corrected chi connectivity index (χ4v) is 4.06. The lowest BCUT2D eigenvalue weighted by molar-refractivity contribution is -0.133. The normalized spacial score (nSPS) is 16.4. The number of ether oxygens (including phenoxy) is 1. The lowest BCUT2D eigenvalue weighted by Crippen LogP contribution is -2.40. The fraction of sp³-hybridized carbons (Fsp3) is 0.478. The minimum absolute atomic E-state index is 0.0764. The highest BCUT2D eigenvalue weighted by Gasteiger charge is 2.40. The number of imide groups is 1. The van der Waals surface area contributed by atoms with Crippen molar-refractivity contribution < 1.29 is 23.9 Å². The Labute approximate surface area is 176 Å². The molecule has 0 spiro atoms. The first-order valence-electron chi connectivity index (χ1n) is 10.4. The van der Waals surface area contributed by atoms with Gasteiger partial charge >= 0.3 is 5.97 Å². The van der Waals surface area contributed by atoms with Crippen LogP contribution in [0, 0.1) is 0 Å². The van der Waals surface area contributed by atoms with Crippen molar-refractivity contribution in [1.82, 2.24) is 9.80 Å². The van der Waals surface area contributed by atoms with Crippen LogP contribution >= 0.6 is 0 Å². The first kappa shape index (κ1) is 21.7. The number of amides is 3. The van der Waals surface area contributed by atoms with Crippen LogP contribution in [0.25, 0.3) is 0 Å². The molecule has 1 aliphatic heterocycles. The van der Waals surface area contributed by atoms with Gasteiger partial charge in [0.05, 0.1) is 16.7 Å². The predicted molar refractivity (Wildman–Crippen MR) is 111 cm³/mol. The van der Waals surface area contributed by atoms with Crippen LogP contribution < -0.4 is 0 Å². The zero-order chi connectivity index (χ0) is 21.8. The third-order valence-electron chi connectivity index (χ3n) is 5.62. The molecule has 0 aromatic heterocycles. The molecule has 1 saturated carbocycles. The van der Waals surface area contributed by atoms with E-state index in [1.807, 2.05) is 13.8 Å². The van der Waals surface area contributed by atoms with Crippen LogP contribution in [0.15, 0.2) is 30.4 Å². The molecule has 160 valence electrons. The summed E-state index contributed by atoms with van der Waals surface area (Å²) >= 11 is 0. The maximum atomic E-state index is 12.9. The van der Waals surface area contributed by atoms with Crippen molar-refractivity contribution in [3.63, 3.8) is 0 Å². The second kappa shape index (κ2) is 9.24.